The van der Waals surface area contributed by atoms with Gasteiger partial charge in [0.2, 0.25) is 0 Å². The molecule has 4 saturated carbocycles. The van der Waals surface area contributed by atoms with E-state index in [0.29, 0.717) is 11.8 Å². The first kappa shape index (κ1) is 24.1. The van der Waals surface area contributed by atoms with Crippen molar-refractivity contribution in [1.82, 2.24) is 4.90 Å². The summed E-state index contributed by atoms with van der Waals surface area (Å²) in [5.41, 5.74) is 0.465. The van der Waals surface area contributed by atoms with Crippen LogP contribution in [-0.4, -0.2) is 59.2 Å². The predicted molar refractivity (Wildman–Crippen MR) is 137 cm³/mol. The highest BCUT2D eigenvalue weighted by atomic mass is 16.6. The summed E-state index contributed by atoms with van der Waals surface area (Å²) in [4.78, 5) is 2.66. The van der Waals surface area contributed by atoms with Crippen LogP contribution in [-0.2, 0) is 16.6 Å². The summed E-state index contributed by atoms with van der Waals surface area (Å²) >= 11 is 0. The van der Waals surface area contributed by atoms with Crippen LogP contribution in [0.1, 0.15) is 84.3 Å². The first-order chi connectivity index (χ1) is 16.4. The SMILES string of the molecule is CC[C@]12c3c4ccc(O)c3O[C@H]1[C@]1(OC)CC[C@@]2(C[C@@H]1C(C)(O)C(C)(C)C)[C@H](N(C)CC1CC1)C4. The van der Waals surface area contributed by atoms with Crippen molar-refractivity contribution in [3.05, 3.63) is 23.3 Å². The summed E-state index contributed by atoms with van der Waals surface area (Å²) in [5.74, 6) is 1.69. The Morgan fingerprint density at radius 2 is 1.89 bits per heavy atom. The number of nitrogens with zero attached hydrogens (tertiary/aromatic N) is 1. The Hall–Kier alpha value is -1.30. The molecule has 2 N–H and O–H groups in total. The van der Waals surface area contributed by atoms with Gasteiger partial charge in [0.15, 0.2) is 11.5 Å². The van der Waals surface area contributed by atoms with Crippen LogP contribution in [0.5, 0.6) is 11.5 Å². The molecule has 1 heterocycles. The number of phenols is 1. The lowest BCUT2D eigenvalue weighted by Crippen LogP contribution is -2.81. The molecular formula is C30H45NO4. The minimum absolute atomic E-state index is 0.0394. The molecule has 0 aromatic heterocycles. The summed E-state index contributed by atoms with van der Waals surface area (Å²) in [5, 5.41) is 23.3. The van der Waals surface area contributed by atoms with Crippen LogP contribution in [0.4, 0.5) is 0 Å². The third-order valence-corrected chi connectivity index (χ3v) is 11.8. The van der Waals surface area contributed by atoms with E-state index in [1.807, 2.05) is 20.1 Å². The van der Waals surface area contributed by atoms with Gasteiger partial charge in [-0.25, -0.2) is 0 Å². The highest BCUT2D eigenvalue weighted by molar-refractivity contribution is 5.62. The maximum absolute atomic E-state index is 12.2. The first-order valence-corrected chi connectivity index (χ1v) is 13.9. The van der Waals surface area contributed by atoms with Gasteiger partial charge in [0.05, 0.1) is 5.60 Å². The highest BCUT2D eigenvalue weighted by Gasteiger charge is 2.81. The third-order valence-electron chi connectivity index (χ3n) is 11.8. The van der Waals surface area contributed by atoms with Gasteiger partial charge < -0.3 is 24.6 Å². The van der Waals surface area contributed by atoms with Crippen LogP contribution in [0.2, 0.25) is 0 Å². The van der Waals surface area contributed by atoms with Crippen molar-refractivity contribution in [3.8, 4) is 11.5 Å². The fourth-order valence-electron chi connectivity index (χ4n) is 9.40. The Kier molecular flexibility index (Phi) is 4.93. The van der Waals surface area contributed by atoms with Crippen molar-refractivity contribution in [1.29, 1.82) is 0 Å². The molecule has 1 unspecified atom stereocenters. The lowest BCUT2D eigenvalue weighted by molar-refractivity contribution is -0.303. The molecule has 1 aliphatic heterocycles. The van der Waals surface area contributed by atoms with Crippen molar-refractivity contribution >= 4 is 0 Å². The molecule has 5 heteroatoms. The number of likely N-dealkylation sites (N-methyl/N-ethyl adjacent to an activating group) is 1. The van der Waals surface area contributed by atoms with E-state index in [2.05, 4.69) is 45.7 Å². The van der Waals surface area contributed by atoms with Crippen molar-refractivity contribution in [2.75, 3.05) is 20.7 Å². The fourth-order valence-corrected chi connectivity index (χ4v) is 9.40. The Labute approximate surface area is 211 Å². The molecule has 4 fully saturated rings. The Balaban J connectivity index is 1.61. The van der Waals surface area contributed by atoms with Gasteiger partial charge in [0.25, 0.3) is 0 Å². The van der Waals surface area contributed by atoms with Crippen LogP contribution in [0, 0.1) is 22.7 Å². The van der Waals surface area contributed by atoms with Gasteiger partial charge in [-0.3, -0.25) is 0 Å². The van der Waals surface area contributed by atoms with Gasteiger partial charge in [-0.05, 0) is 81.9 Å². The zero-order valence-electron chi connectivity index (χ0n) is 22.8. The van der Waals surface area contributed by atoms with Crippen LogP contribution in [0.25, 0.3) is 0 Å². The van der Waals surface area contributed by atoms with Gasteiger partial charge in [-0.2, -0.15) is 0 Å². The van der Waals surface area contributed by atoms with Gasteiger partial charge >= 0.3 is 0 Å². The molecule has 0 amide bonds. The van der Waals surface area contributed by atoms with Crippen molar-refractivity contribution in [2.24, 2.45) is 22.7 Å². The van der Waals surface area contributed by atoms with E-state index >= 15 is 0 Å². The third kappa shape index (κ3) is 2.71. The van der Waals surface area contributed by atoms with Crippen LogP contribution < -0.4 is 4.74 Å². The molecule has 7 atom stereocenters. The maximum atomic E-state index is 12.2. The molecule has 35 heavy (non-hydrogen) atoms. The van der Waals surface area contributed by atoms with Crippen molar-refractivity contribution < 1.29 is 19.7 Å². The molecule has 5 aliphatic carbocycles. The summed E-state index contributed by atoms with van der Waals surface area (Å²) in [6.07, 6.45) is 7.27. The highest BCUT2D eigenvalue weighted by Crippen LogP contribution is 2.76. The molecule has 1 aromatic rings. The van der Waals surface area contributed by atoms with E-state index in [1.54, 1.807) is 0 Å². The number of hydrogen-bond acceptors (Lipinski definition) is 5. The van der Waals surface area contributed by atoms with Crippen LogP contribution in [0.3, 0.4) is 0 Å². The number of phenolic OH excluding ortho intramolecular Hbond substituents is 1. The smallest absolute Gasteiger partial charge is 0.165 e. The molecule has 1 spiro atoms. The zero-order valence-corrected chi connectivity index (χ0v) is 22.8. The summed E-state index contributed by atoms with van der Waals surface area (Å²) in [7, 11) is 4.15. The Bertz CT molecular complexity index is 1040. The van der Waals surface area contributed by atoms with E-state index in [1.165, 1.54) is 24.0 Å². The molecular weight excluding hydrogens is 438 g/mol. The largest absolute Gasteiger partial charge is 0.504 e. The predicted octanol–water partition coefficient (Wildman–Crippen LogP) is 5.05. The van der Waals surface area contributed by atoms with Gasteiger partial charge in [0.1, 0.15) is 11.7 Å². The molecule has 194 valence electrons. The fraction of sp³-hybridized carbons (Fsp3) is 0.800. The second kappa shape index (κ2) is 7.17. The standard InChI is InChI=1S/C30H45NO4/c1-8-29-23-19-11-12-20(32)24(23)35-25(29)30(34-7)14-13-28(29,16-21(30)27(5,33)26(2,3)4)22(15-19)31(6)17-18-9-10-18/h11-12,18,21-22,25,32-33H,8-10,13-17H2,1-7H3/t21-,22-,25-,27?,28-,29+,30+/m1/s1. The molecule has 2 bridgehead atoms. The Morgan fingerprint density at radius 3 is 2.49 bits per heavy atom. The number of rotatable bonds is 6. The monoisotopic (exact) mass is 483 g/mol. The van der Waals surface area contributed by atoms with Crippen molar-refractivity contribution in [3.63, 3.8) is 0 Å². The van der Waals surface area contributed by atoms with Gasteiger partial charge in [-0.15, -0.1) is 0 Å². The number of ether oxygens (including phenoxy) is 2. The average Bonchev–Trinajstić information content (AvgIpc) is 3.54. The van der Waals surface area contributed by atoms with E-state index < -0.39 is 11.2 Å². The molecule has 7 rings (SSSR count). The second-order valence-corrected chi connectivity index (χ2v) is 13.8. The molecule has 6 aliphatic rings. The number of benzene rings is 1. The maximum Gasteiger partial charge on any atom is 0.165 e. The minimum Gasteiger partial charge on any atom is -0.504 e. The molecule has 0 radical (unpaired) electrons. The quantitative estimate of drug-likeness (QED) is 0.593. The number of aliphatic hydroxyl groups is 1. The second-order valence-electron chi connectivity index (χ2n) is 13.8. The van der Waals surface area contributed by atoms with Gasteiger partial charge in [0, 0.05) is 42.0 Å². The van der Waals surface area contributed by atoms with E-state index in [9.17, 15) is 10.2 Å². The number of hydrogen-bond donors (Lipinski definition) is 2. The van der Waals surface area contributed by atoms with Crippen LogP contribution in [0.15, 0.2) is 12.1 Å². The van der Waals surface area contributed by atoms with Crippen molar-refractivity contribution in [2.45, 2.75) is 108 Å². The molecule has 0 saturated heterocycles. The lowest BCUT2D eigenvalue weighted by atomic mass is 9.34. The topological polar surface area (TPSA) is 62.2 Å². The van der Waals surface area contributed by atoms with Crippen LogP contribution >= 0.6 is 0 Å². The van der Waals surface area contributed by atoms with E-state index in [-0.39, 0.29) is 34.0 Å². The van der Waals surface area contributed by atoms with E-state index in [0.717, 1.165) is 44.6 Å². The number of methoxy groups -OCH3 is 1. The number of fused-ring (bicyclic) bond motifs is 2. The molecule has 1 aromatic carbocycles. The zero-order chi connectivity index (χ0) is 25.2. The minimum atomic E-state index is -0.934. The molecule has 5 nitrogen and oxygen atoms in total. The average molecular weight is 484 g/mol. The summed E-state index contributed by atoms with van der Waals surface area (Å²) in [6.45, 7) is 11.9. The summed E-state index contributed by atoms with van der Waals surface area (Å²) in [6, 6.07) is 4.35. The normalized spacial score (nSPS) is 41.0. The number of aromatic hydroxyl groups is 1. The lowest BCUT2D eigenvalue weighted by Gasteiger charge is -2.73. The summed E-state index contributed by atoms with van der Waals surface area (Å²) < 4.78 is 13.5. The van der Waals surface area contributed by atoms with E-state index in [4.69, 9.17) is 9.47 Å². The van der Waals surface area contributed by atoms with Gasteiger partial charge in [-0.1, -0.05) is 33.8 Å². The first-order valence-electron chi connectivity index (χ1n) is 13.9. The Morgan fingerprint density at radius 1 is 1.17 bits per heavy atom.